The molecule has 6 nitrogen and oxygen atoms in total. The van der Waals surface area contributed by atoms with E-state index in [0.29, 0.717) is 11.8 Å². The lowest BCUT2D eigenvalue weighted by atomic mass is 9.91. The topological polar surface area (TPSA) is 63.9 Å². The highest BCUT2D eigenvalue weighted by Crippen LogP contribution is 2.33. The van der Waals surface area contributed by atoms with Gasteiger partial charge < -0.3 is 19.2 Å². The summed E-state index contributed by atoms with van der Waals surface area (Å²) in [5.41, 5.74) is 1.20. The minimum absolute atomic E-state index is 0.0716. The second kappa shape index (κ2) is 7.89. The number of amides is 1. The zero-order valence-corrected chi connectivity index (χ0v) is 14.7. The van der Waals surface area contributed by atoms with Crippen LogP contribution >= 0.6 is 0 Å². The zero-order chi connectivity index (χ0) is 17.1. The van der Waals surface area contributed by atoms with Crippen LogP contribution in [0.3, 0.4) is 0 Å². The molecule has 3 atom stereocenters. The van der Waals surface area contributed by atoms with Gasteiger partial charge in [-0.15, -0.1) is 0 Å². The molecule has 138 valence electrons. The van der Waals surface area contributed by atoms with Crippen molar-refractivity contribution in [3.8, 4) is 0 Å². The summed E-state index contributed by atoms with van der Waals surface area (Å²) in [4.78, 5) is 14.9. The van der Waals surface area contributed by atoms with Crippen molar-refractivity contribution in [3.63, 3.8) is 0 Å². The van der Waals surface area contributed by atoms with E-state index in [9.17, 15) is 4.79 Å². The first kappa shape index (κ1) is 17.1. The van der Waals surface area contributed by atoms with Crippen LogP contribution in [0.4, 0.5) is 0 Å². The molecular formula is C19H28N2O4. The number of hydrogen-bond donors (Lipinski definition) is 1. The molecule has 6 heteroatoms. The molecule has 1 N–H and O–H groups in total. The first-order valence-electron chi connectivity index (χ1n) is 9.52. The molecule has 3 fully saturated rings. The maximum Gasteiger partial charge on any atom is 0.249 e. The number of piperidine rings is 1. The van der Waals surface area contributed by atoms with Crippen LogP contribution in [-0.4, -0.2) is 55.9 Å². The van der Waals surface area contributed by atoms with Gasteiger partial charge in [-0.1, -0.05) is 0 Å². The van der Waals surface area contributed by atoms with Crippen molar-refractivity contribution in [1.29, 1.82) is 0 Å². The van der Waals surface area contributed by atoms with Crippen LogP contribution < -0.4 is 5.32 Å². The van der Waals surface area contributed by atoms with E-state index < -0.39 is 0 Å². The molecule has 0 radical (unpaired) electrons. The summed E-state index contributed by atoms with van der Waals surface area (Å²) < 4.78 is 16.6. The zero-order valence-electron chi connectivity index (χ0n) is 14.7. The van der Waals surface area contributed by atoms with Crippen molar-refractivity contribution in [1.82, 2.24) is 10.2 Å². The minimum atomic E-state index is -0.274. The number of carbonyl (C=O) groups is 1. The number of rotatable bonds is 5. The smallest absolute Gasteiger partial charge is 0.249 e. The number of carbonyl (C=O) groups excluding carboxylic acids is 1. The van der Waals surface area contributed by atoms with Crippen molar-refractivity contribution >= 4 is 5.91 Å². The van der Waals surface area contributed by atoms with Crippen LogP contribution in [-0.2, 0) is 20.8 Å². The first-order chi connectivity index (χ1) is 12.3. The summed E-state index contributed by atoms with van der Waals surface area (Å²) in [5.74, 6) is 1.13. The molecule has 0 aliphatic carbocycles. The molecule has 1 aromatic heterocycles. The van der Waals surface area contributed by atoms with Gasteiger partial charge in [0.25, 0.3) is 0 Å². The Morgan fingerprint density at radius 1 is 1.28 bits per heavy atom. The van der Waals surface area contributed by atoms with Gasteiger partial charge >= 0.3 is 0 Å². The number of likely N-dealkylation sites (tertiary alicyclic amines) is 1. The molecule has 0 bridgehead atoms. The third-order valence-corrected chi connectivity index (χ3v) is 5.82. The highest BCUT2D eigenvalue weighted by atomic mass is 16.5. The molecule has 4 rings (SSSR count). The maximum atomic E-state index is 12.5. The summed E-state index contributed by atoms with van der Waals surface area (Å²) in [6, 6.07) is 2.01. The molecule has 1 amide bonds. The monoisotopic (exact) mass is 348 g/mol. The van der Waals surface area contributed by atoms with Gasteiger partial charge in [-0.2, -0.15) is 0 Å². The predicted molar refractivity (Wildman–Crippen MR) is 91.9 cm³/mol. The number of ether oxygens (including phenoxy) is 2. The number of nitrogens with one attached hydrogen (secondary N) is 1. The van der Waals surface area contributed by atoms with Gasteiger partial charge in [-0.05, 0) is 50.1 Å². The summed E-state index contributed by atoms with van der Waals surface area (Å²) in [7, 11) is 0. The number of nitrogens with zero attached hydrogens (tertiary/aromatic N) is 1. The van der Waals surface area contributed by atoms with E-state index in [4.69, 9.17) is 13.9 Å². The summed E-state index contributed by atoms with van der Waals surface area (Å²) >= 11 is 0. The molecular weight excluding hydrogens is 320 g/mol. The van der Waals surface area contributed by atoms with E-state index in [0.717, 1.165) is 65.1 Å². The summed E-state index contributed by atoms with van der Waals surface area (Å²) in [6.07, 6.45) is 7.47. The lowest BCUT2D eigenvalue weighted by Crippen LogP contribution is -2.42. The van der Waals surface area contributed by atoms with Crippen LogP contribution in [0, 0.1) is 11.8 Å². The van der Waals surface area contributed by atoms with Crippen molar-refractivity contribution in [3.05, 3.63) is 24.2 Å². The fourth-order valence-electron chi connectivity index (χ4n) is 4.26. The Morgan fingerprint density at radius 2 is 2.16 bits per heavy atom. The van der Waals surface area contributed by atoms with Gasteiger partial charge in [0.05, 0.1) is 18.6 Å². The van der Waals surface area contributed by atoms with E-state index in [1.807, 2.05) is 6.07 Å². The third kappa shape index (κ3) is 4.25. The molecule has 3 saturated heterocycles. The number of hydrogen-bond acceptors (Lipinski definition) is 5. The Labute approximate surface area is 148 Å². The van der Waals surface area contributed by atoms with Gasteiger partial charge in [-0.25, -0.2) is 0 Å². The second-order valence-corrected chi connectivity index (χ2v) is 7.62. The average molecular weight is 348 g/mol. The molecule has 3 aliphatic heterocycles. The average Bonchev–Trinajstić information content (AvgIpc) is 3.30. The molecule has 0 aromatic carbocycles. The third-order valence-electron chi connectivity index (χ3n) is 5.82. The lowest BCUT2D eigenvalue weighted by Gasteiger charge is -2.33. The molecule has 0 saturated carbocycles. The Hall–Kier alpha value is -1.37. The fourth-order valence-corrected chi connectivity index (χ4v) is 4.26. The lowest BCUT2D eigenvalue weighted by molar-refractivity contribution is -0.133. The van der Waals surface area contributed by atoms with Crippen molar-refractivity contribution in [2.45, 2.75) is 44.4 Å². The highest BCUT2D eigenvalue weighted by Gasteiger charge is 2.41. The van der Waals surface area contributed by atoms with E-state index in [-0.39, 0.29) is 18.1 Å². The first-order valence-corrected chi connectivity index (χ1v) is 9.52. The van der Waals surface area contributed by atoms with Gasteiger partial charge in [0, 0.05) is 38.4 Å². The van der Waals surface area contributed by atoms with Crippen molar-refractivity contribution in [2.24, 2.45) is 11.8 Å². The Kier molecular flexibility index (Phi) is 5.39. The Balaban J connectivity index is 1.23. The quantitative estimate of drug-likeness (QED) is 0.879. The van der Waals surface area contributed by atoms with Crippen molar-refractivity contribution < 1.29 is 18.7 Å². The van der Waals surface area contributed by atoms with Crippen LogP contribution in [0.1, 0.15) is 31.2 Å². The highest BCUT2D eigenvalue weighted by molar-refractivity contribution is 5.81. The predicted octanol–water partition coefficient (Wildman–Crippen LogP) is 1.80. The normalized spacial score (nSPS) is 31.0. The van der Waals surface area contributed by atoms with Crippen LogP contribution in [0.15, 0.2) is 23.0 Å². The SMILES string of the molecule is O=C(NCC1CCOCC1)[C@@H]1C[C@H]2CCN(Cc3ccoc3)C[C@H]2O1. The second-order valence-electron chi connectivity index (χ2n) is 7.62. The van der Waals surface area contributed by atoms with E-state index in [2.05, 4.69) is 10.2 Å². The van der Waals surface area contributed by atoms with Crippen LogP contribution in [0.5, 0.6) is 0 Å². The fraction of sp³-hybridized carbons (Fsp3) is 0.737. The number of fused-ring (bicyclic) bond motifs is 1. The Morgan fingerprint density at radius 3 is 2.96 bits per heavy atom. The van der Waals surface area contributed by atoms with Crippen LogP contribution in [0.2, 0.25) is 0 Å². The van der Waals surface area contributed by atoms with Gasteiger partial charge in [0.1, 0.15) is 6.10 Å². The van der Waals surface area contributed by atoms with Gasteiger partial charge in [-0.3, -0.25) is 9.69 Å². The largest absolute Gasteiger partial charge is 0.472 e. The number of furan rings is 1. The standard InChI is InChI=1S/C19H28N2O4/c22-19(20-10-14-2-6-23-7-3-14)17-9-16-1-5-21(12-18(16)25-17)11-15-4-8-24-13-15/h4,8,13-14,16-18H,1-3,5-7,9-12H2,(H,20,22)/t16-,17+,18-/m1/s1. The molecule has 0 spiro atoms. The molecule has 4 heterocycles. The van der Waals surface area contributed by atoms with E-state index >= 15 is 0 Å². The molecule has 0 unspecified atom stereocenters. The van der Waals surface area contributed by atoms with E-state index in [1.54, 1.807) is 12.5 Å². The van der Waals surface area contributed by atoms with Crippen LogP contribution in [0.25, 0.3) is 0 Å². The minimum Gasteiger partial charge on any atom is -0.472 e. The molecule has 25 heavy (non-hydrogen) atoms. The maximum absolute atomic E-state index is 12.5. The van der Waals surface area contributed by atoms with Gasteiger partial charge in [0.2, 0.25) is 5.91 Å². The van der Waals surface area contributed by atoms with E-state index in [1.165, 1.54) is 5.56 Å². The van der Waals surface area contributed by atoms with Gasteiger partial charge in [0.15, 0.2) is 0 Å². The van der Waals surface area contributed by atoms with Crippen molar-refractivity contribution in [2.75, 3.05) is 32.8 Å². The molecule has 1 aromatic rings. The Bertz CT molecular complexity index is 556. The summed E-state index contributed by atoms with van der Waals surface area (Å²) in [6.45, 7) is 5.24. The summed E-state index contributed by atoms with van der Waals surface area (Å²) in [5, 5.41) is 3.11. The molecule has 3 aliphatic rings.